The molecule has 0 fully saturated rings. The zero-order valence-electron chi connectivity index (χ0n) is 11.0. The van der Waals surface area contributed by atoms with E-state index in [1.807, 2.05) is 0 Å². The Bertz CT molecular complexity index is 551. The van der Waals surface area contributed by atoms with Crippen LogP contribution in [0.2, 0.25) is 0 Å². The Morgan fingerprint density at radius 2 is 2.00 bits per heavy atom. The van der Waals surface area contributed by atoms with Crippen molar-refractivity contribution in [3.63, 3.8) is 0 Å². The van der Waals surface area contributed by atoms with Gasteiger partial charge >= 0.3 is 0 Å². The van der Waals surface area contributed by atoms with Gasteiger partial charge in [-0.05, 0) is 58.9 Å². The first-order valence-electron chi connectivity index (χ1n) is 6.35. The molecule has 0 aliphatic heterocycles. The van der Waals surface area contributed by atoms with Gasteiger partial charge in [-0.3, -0.25) is 0 Å². The molecular formula is C15H17Br2NS. The molecule has 0 spiro atoms. The lowest BCUT2D eigenvalue weighted by atomic mass is 10.0. The number of rotatable bonds is 5. The minimum Gasteiger partial charge on any atom is -0.306 e. The van der Waals surface area contributed by atoms with Crippen LogP contribution in [-0.4, -0.2) is 6.54 Å². The summed E-state index contributed by atoms with van der Waals surface area (Å²) in [6.07, 6.45) is 1.13. The van der Waals surface area contributed by atoms with Crippen LogP contribution >= 0.6 is 43.2 Å². The summed E-state index contributed by atoms with van der Waals surface area (Å²) in [6.45, 7) is 5.34. The van der Waals surface area contributed by atoms with Crippen LogP contribution in [0.15, 0.2) is 38.6 Å². The van der Waals surface area contributed by atoms with Crippen LogP contribution in [0.3, 0.4) is 0 Å². The van der Waals surface area contributed by atoms with Gasteiger partial charge in [0.25, 0.3) is 0 Å². The topological polar surface area (TPSA) is 12.0 Å². The van der Waals surface area contributed by atoms with Gasteiger partial charge in [0.2, 0.25) is 0 Å². The second-order valence-corrected chi connectivity index (χ2v) is 7.20. The van der Waals surface area contributed by atoms with Crippen molar-refractivity contribution in [3.05, 3.63) is 54.6 Å². The first-order chi connectivity index (χ1) is 9.13. The molecule has 1 aromatic carbocycles. The van der Waals surface area contributed by atoms with Gasteiger partial charge in [-0.1, -0.05) is 40.5 Å². The highest BCUT2D eigenvalue weighted by atomic mass is 79.9. The quantitative estimate of drug-likeness (QED) is 0.679. The summed E-state index contributed by atoms with van der Waals surface area (Å²) in [6, 6.07) is 8.87. The molecule has 0 saturated heterocycles. The van der Waals surface area contributed by atoms with E-state index in [-0.39, 0.29) is 6.04 Å². The summed E-state index contributed by atoms with van der Waals surface area (Å²) >= 11 is 9.12. The summed E-state index contributed by atoms with van der Waals surface area (Å²) in [7, 11) is 0. The maximum absolute atomic E-state index is 3.68. The third-order valence-electron chi connectivity index (χ3n) is 2.97. The van der Waals surface area contributed by atoms with Crippen molar-refractivity contribution >= 4 is 43.2 Å². The second kappa shape index (κ2) is 7.02. The van der Waals surface area contributed by atoms with Gasteiger partial charge in [-0.2, -0.15) is 0 Å². The molecule has 1 aromatic heterocycles. The van der Waals surface area contributed by atoms with E-state index in [1.54, 1.807) is 11.3 Å². The minimum atomic E-state index is 0.239. The summed E-state index contributed by atoms with van der Waals surface area (Å²) < 4.78 is 2.34. The SMILES string of the molecule is CCCNC(c1cc(C)ccc1Br)c1sccc1Br. The fraction of sp³-hybridized carbons (Fsp3) is 0.333. The van der Waals surface area contributed by atoms with Crippen LogP contribution in [0.5, 0.6) is 0 Å². The Morgan fingerprint density at radius 3 is 2.63 bits per heavy atom. The lowest BCUT2D eigenvalue weighted by molar-refractivity contribution is 0.602. The minimum absolute atomic E-state index is 0.239. The zero-order chi connectivity index (χ0) is 13.8. The van der Waals surface area contributed by atoms with E-state index in [2.05, 4.69) is 80.7 Å². The average Bonchev–Trinajstić information content (AvgIpc) is 2.80. The van der Waals surface area contributed by atoms with Crippen molar-refractivity contribution in [1.82, 2.24) is 5.32 Å². The number of hydrogen-bond donors (Lipinski definition) is 1. The fourth-order valence-corrected chi connectivity index (χ4v) is 4.20. The molecule has 0 amide bonds. The second-order valence-electron chi connectivity index (χ2n) is 4.54. The number of halogens is 2. The van der Waals surface area contributed by atoms with Crippen LogP contribution < -0.4 is 5.32 Å². The van der Waals surface area contributed by atoms with E-state index >= 15 is 0 Å². The maximum Gasteiger partial charge on any atom is 0.0693 e. The highest BCUT2D eigenvalue weighted by Crippen LogP contribution is 2.36. The average molecular weight is 403 g/mol. The van der Waals surface area contributed by atoms with Crippen LogP contribution in [0.1, 0.15) is 35.4 Å². The Hall–Kier alpha value is -0.160. The van der Waals surface area contributed by atoms with Crippen LogP contribution in [-0.2, 0) is 0 Å². The molecule has 0 aliphatic rings. The fourth-order valence-electron chi connectivity index (χ4n) is 2.03. The van der Waals surface area contributed by atoms with Crippen molar-refractivity contribution in [2.75, 3.05) is 6.54 Å². The van der Waals surface area contributed by atoms with Crippen molar-refractivity contribution in [1.29, 1.82) is 0 Å². The van der Waals surface area contributed by atoms with E-state index in [9.17, 15) is 0 Å². The largest absolute Gasteiger partial charge is 0.306 e. The molecule has 1 nitrogen and oxygen atoms in total. The highest BCUT2D eigenvalue weighted by Gasteiger charge is 2.19. The lowest BCUT2D eigenvalue weighted by Crippen LogP contribution is -2.23. The Labute approximate surface area is 135 Å². The molecule has 1 heterocycles. The molecule has 0 radical (unpaired) electrons. The monoisotopic (exact) mass is 401 g/mol. The van der Waals surface area contributed by atoms with Gasteiger partial charge in [0.05, 0.1) is 6.04 Å². The van der Waals surface area contributed by atoms with Crippen LogP contribution in [0, 0.1) is 6.92 Å². The van der Waals surface area contributed by atoms with Gasteiger partial charge in [0.1, 0.15) is 0 Å². The first kappa shape index (κ1) is 15.2. The van der Waals surface area contributed by atoms with Crippen molar-refractivity contribution in [2.24, 2.45) is 0 Å². The molecule has 19 heavy (non-hydrogen) atoms. The predicted molar refractivity (Wildman–Crippen MR) is 91.0 cm³/mol. The molecule has 1 N–H and O–H groups in total. The van der Waals surface area contributed by atoms with E-state index in [0.717, 1.165) is 17.4 Å². The van der Waals surface area contributed by atoms with Gasteiger partial charge < -0.3 is 5.32 Å². The molecule has 1 atom stereocenters. The summed E-state index contributed by atoms with van der Waals surface area (Å²) in [5.74, 6) is 0. The standard InChI is InChI=1S/C15H17Br2NS/c1-3-7-18-14(15-13(17)6-8-19-15)11-9-10(2)4-5-12(11)16/h4-6,8-9,14,18H,3,7H2,1-2H3. The summed E-state index contributed by atoms with van der Waals surface area (Å²) in [5, 5.41) is 5.78. The maximum atomic E-state index is 3.68. The Morgan fingerprint density at radius 1 is 1.21 bits per heavy atom. The first-order valence-corrected chi connectivity index (χ1v) is 8.82. The summed E-state index contributed by atoms with van der Waals surface area (Å²) in [5.41, 5.74) is 2.59. The molecule has 0 saturated carbocycles. The molecule has 0 aliphatic carbocycles. The molecule has 0 bridgehead atoms. The number of benzene rings is 1. The normalized spacial score (nSPS) is 12.6. The van der Waals surface area contributed by atoms with Gasteiger partial charge in [0, 0.05) is 13.8 Å². The molecule has 2 aromatic rings. The van der Waals surface area contributed by atoms with Crippen LogP contribution in [0.4, 0.5) is 0 Å². The van der Waals surface area contributed by atoms with E-state index in [0.29, 0.717) is 0 Å². The number of aryl methyl sites for hydroxylation is 1. The van der Waals surface area contributed by atoms with Crippen molar-refractivity contribution in [3.8, 4) is 0 Å². The van der Waals surface area contributed by atoms with Crippen molar-refractivity contribution in [2.45, 2.75) is 26.3 Å². The number of nitrogens with one attached hydrogen (secondary N) is 1. The number of hydrogen-bond acceptors (Lipinski definition) is 2. The van der Waals surface area contributed by atoms with Gasteiger partial charge in [-0.25, -0.2) is 0 Å². The molecule has 102 valence electrons. The van der Waals surface area contributed by atoms with E-state index < -0.39 is 0 Å². The van der Waals surface area contributed by atoms with Gasteiger partial charge in [-0.15, -0.1) is 11.3 Å². The van der Waals surface area contributed by atoms with Gasteiger partial charge in [0.15, 0.2) is 0 Å². The Balaban J connectivity index is 2.42. The lowest BCUT2D eigenvalue weighted by Gasteiger charge is -2.20. The highest BCUT2D eigenvalue weighted by molar-refractivity contribution is 9.10. The smallest absolute Gasteiger partial charge is 0.0693 e. The summed E-state index contributed by atoms with van der Waals surface area (Å²) in [4.78, 5) is 1.33. The molecular weight excluding hydrogens is 386 g/mol. The number of thiophene rings is 1. The Kier molecular flexibility index (Phi) is 5.63. The third kappa shape index (κ3) is 3.69. The van der Waals surface area contributed by atoms with Crippen LogP contribution in [0.25, 0.3) is 0 Å². The van der Waals surface area contributed by atoms with E-state index in [1.165, 1.54) is 20.5 Å². The third-order valence-corrected chi connectivity index (χ3v) is 5.63. The predicted octanol–water partition coefficient (Wildman–Crippen LogP) is 5.67. The molecule has 1 unspecified atom stereocenters. The zero-order valence-corrected chi connectivity index (χ0v) is 15.0. The van der Waals surface area contributed by atoms with E-state index in [4.69, 9.17) is 0 Å². The molecule has 2 rings (SSSR count). The molecule has 4 heteroatoms. The van der Waals surface area contributed by atoms with Crippen molar-refractivity contribution < 1.29 is 0 Å².